The van der Waals surface area contributed by atoms with Crippen molar-refractivity contribution >= 4 is 38.9 Å². The van der Waals surface area contributed by atoms with Gasteiger partial charge in [0, 0.05) is 17.6 Å². The molecule has 0 amide bonds. The van der Waals surface area contributed by atoms with E-state index in [4.69, 9.17) is 17.0 Å². The van der Waals surface area contributed by atoms with E-state index in [2.05, 4.69) is 26.6 Å². The summed E-state index contributed by atoms with van der Waals surface area (Å²) < 4.78 is 19.2. The molecule has 94 valence electrons. The molecule has 0 fully saturated rings. The van der Waals surface area contributed by atoms with E-state index in [0.717, 1.165) is 4.47 Å². The number of ether oxygens (including phenoxy) is 1. The molecule has 1 aromatic rings. The van der Waals surface area contributed by atoms with Crippen LogP contribution in [0.2, 0.25) is 0 Å². The maximum absolute atomic E-state index is 13.4. The Morgan fingerprint density at radius 3 is 2.94 bits per heavy atom. The summed E-state index contributed by atoms with van der Waals surface area (Å²) in [6.45, 7) is 2.46. The van der Waals surface area contributed by atoms with Crippen molar-refractivity contribution in [1.29, 1.82) is 0 Å². The molecule has 0 bridgehead atoms. The first-order valence-electron chi connectivity index (χ1n) is 5.04. The van der Waals surface area contributed by atoms with E-state index >= 15 is 0 Å². The Morgan fingerprint density at radius 2 is 2.29 bits per heavy atom. The Kier molecular flexibility index (Phi) is 5.80. The molecule has 1 aromatic carbocycles. The first-order chi connectivity index (χ1) is 8.02. The number of methoxy groups -OCH3 is 1. The molecule has 0 saturated carbocycles. The Bertz CT molecular complexity index is 403. The minimum Gasteiger partial charge on any atom is -0.383 e. The van der Waals surface area contributed by atoms with Gasteiger partial charge in [0.2, 0.25) is 0 Å². The van der Waals surface area contributed by atoms with E-state index in [1.54, 1.807) is 19.2 Å². The maximum atomic E-state index is 13.4. The third-order valence-electron chi connectivity index (χ3n) is 1.97. The lowest BCUT2D eigenvalue weighted by Gasteiger charge is -2.16. The molecule has 0 heterocycles. The molecule has 1 atom stereocenters. The number of halogens is 2. The highest BCUT2D eigenvalue weighted by Crippen LogP contribution is 2.19. The predicted molar refractivity (Wildman–Crippen MR) is 74.8 cm³/mol. The molecule has 0 spiro atoms. The molecule has 0 aliphatic carbocycles. The molecule has 1 rings (SSSR count). The first kappa shape index (κ1) is 14.3. The lowest BCUT2D eigenvalue weighted by atomic mass is 10.3. The number of nitrogens with one attached hydrogen (secondary N) is 2. The summed E-state index contributed by atoms with van der Waals surface area (Å²) >= 11 is 8.34. The van der Waals surface area contributed by atoms with Crippen molar-refractivity contribution in [2.75, 3.05) is 19.0 Å². The molecule has 6 heteroatoms. The fourth-order valence-electron chi connectivity index (χ4n) is 1.27. The molecule has 17 heavy (non-hydrogen) atoms. The monoisotopic (exact) mass is 320 g/mol. The fourth-order valence-corrected chi connectivity index (χ4v) is 1.94. The van der Waals surface area contributed by atoms with Gasteiger partial charge < -0.3 is 15.4 Å². The quantitative estimate of drug-likeness (QED) is 0.836. The standard InChI is InChI=1S/C11H14BrFN2OS/c1-7(6-16-2)14-11(17)15-10-5-8(12)3-4-9(10)13/h3-5,7H,6H2,1-2H3,(H2,14,15,17). The van der Waals surface area contributed by atoms with Crippen LogP contribution in [0.1, 0.15) is 6.92 Å². The zero-order valence-corrected chi connectivity index (χ0v) is 12.0. The lowest BCUT2D eigenvalue weighted by molar-refractivity contribution is 0.179. The van der Waals surface area contributed by atoms with Crippen LogP contribution in [0.25, 0.3) is 0 Å². The van der Waals surface area contributed by atoms with Crippen molar-refractivity contribution in [3.8, 4) is 0 Å². The fraction of sp³-hybridized carbons (Fsp3) is 0.364. The van der Waals surface area contributed by atoms with Gasteiger partial charge in [0.25, 0.3) is 0 Å². The van der Waals surface area contributed by atoms with Crippen LogP contribution in [-0.4, -0.2) is 24.9 Å². The number of hydrogen-bond acceptors (Lipinski definition) is 2. The highest BCUT2D eigenvalue weighted by Gasteiger charge is 2.07. The van der Waals surface area contributed by atoms with E-state index in [1.807, 2.05) is 6.92 Å². The number of thiocarbonyl (C=S) groups is 1. The molecule has 0 radical (unpaired) electrons. The molecule has 2 N–H and O–H groups in total. The average molecular weight is 321 g/mol. The van der Waals surface area contributed by atoms with E-state index < -0.39 is 0 Å². The van der Waals surface area contributed by atoms with Gasteiger partial charge in [0.1, 0.15) is 5.82 Å². The third-order valence-corrected chi connectivity index (χ3v) is 2.68. The van der Waals surface area contributed by atoms with Crippen molar-refractivity contribution in [3.63, 3.8) is 0 Å². The zero-order valence-electron chi connectivity index (χ0n) is 9.59. The van der Waals surface area contributed by atoms with Crippen molar-refractivity contribution in [3.05, 3.63) is 28.5 Å². The van der Waals surface area contributed by atoms with Gasteiger partial charge in [-0.15, -0.1) is 0 Å². The molecule has 1 unspecified atom stereocenters. The molecular weight excluding hydrogens is 307 g/mol. The summed E-state index contributed by atoms with van der Waals surface area (Å²) in [5, 5.41) is 6.16. The van der Waals surface area contributed by atoms with Crippen LogP contribution in [-0.2, 0) is 4.74 Å². The maximum Gasteiger partial charge on any atom is 0.171 e. The van der Waals surface area contributed by atoms with Gasteiger partial charge in [-0.3, -0.25) is 0 Å². The predicted octanol–water partition coefficient (Wildman–Crippen LogP) is 2.91. The summed E-state index contributed by atoms with van der Waals surface area (Å²) in [6, 6.07) is 4.69. The largest absolute Gasteiger partial charge is 0.383 e. The third kappa shape index (κ3) is 4.97. The topological polar surface area (TPSA) is 33.3 Å². The van der Waals surface area contributed by atoms with Gasteiger partial charge in [-0.05, 0) is 37.3 Å². The second-order valence-corrected chi connectivity index (χ2v) is 4.90. The van der Waals surface area contributed by atoms with E-state index in [9.17, 15) is 4.39 Å². The summed E-state index contributed by atoms with van der Waals surface area (Å²) in [5.41, 5.74) is 0.335. The van der Waals surface area contributed by atoms with Gasteiger partial charge in [0.15, 0.2) is 5.11 Å². The summed E-state index contributed by atoms with van der Waals surface area (Å²) in [7, 11) is 1.61. The SMILES string of the molecule is COCC(C)NC(=S)Nc1cc(Br)ccc1F. The van der Waals surface area contributed by atoms with E-state index in [-0.39, 0.29) is 11.9 Å². The van der Waals surface area contributed by atoms with Crippen LogP contribution in [0, 0.1) is 5.82 Å². The van der Waals surface area contributed by atoms with Crippen LogP contribution in [0.5, 0.6) is 0 Å². The minimum atomic E-state index is -0.350. The van der Waals surface area contributed by atoms with Crippen LogP contribution < -0.4 is 10.6 Å². The second kappa shape index (κ2) is 6.88. The van der Waals surface area contributed by atoms with Crippen molar-refractivity contribution in [2.24, 2.45) is 0 Å². The smallest absolute Gasteiger partial charge is 0.171 e. The summed E-state index contributed by atoms with van der Waals surface area (Å²) in [4.78, 5) is 0. The van der Waals surface area contributed by atoms with Crippen LogP contribution in [0.4, 0.5) is 10.1 Å². The van der Waals surface area contributed by atoms with Gasteiger partial charge in [-0.25, -0.2) is 4.39 Å². The number of anilines is 1. The normalized spacial score (nSPS) is 12.0. The number of rotatable bonds is 4. The van der Waals surface area contributed by atoms with Gasteiger partial charge in [0.05, 0.1) is 12.3 Å². The van der Waals surface area contributed by atoms with Gasteiger partial charge in [-0.2, -0.15) is 0 Å². The molecular formula is C11H14BrFN2OS. The van der Waals surface area contributed by atoms with Crippen molar-refractivity contribution < 1.29 is 9.13 Å². The van der Waals surface area contributed by atoms with E-state index in [1.165, 1.54) is 6.07 Å². The molecule has 0 saturated heterocycles. The van der Waals surface area contributed by atoms with E-state index in [0.29, 0.717) is 17.4 Å². The summed E-state index contributed by atoms with van der Waals surface area (Å²) in [5.74, 6) is -0.350. The minimum absolute atomic E-state index is 0.0650. The summed E-state index contributed by atoms with van der Waals surface area (Å²) in [6.07, 6.45) is 0. The Balaban J connectivity index is 2.58. The highest BCUT2D eigenvalue weighted by atomic mass is 79.9. The number of benzene rings is 1. The Labute approximate surface area is 114 Å². The molecule has 0 aromatic heterocycles. The van der Waals surface area contributed by atoms with Crippen molar-refractivity contribution in [1.82, 2.24) is 5.32 Å². The molecule has 0 aliphatic heterocycles. The first-order valence-corrected chi connectivity index (χ1v) is 6.24. The van der Waals surface area contributed by atoms with Crippen molar-refractivity contribution in [2.45, 2.75) is 13.0 Å². The Hall–Kier alpha value is -0.720. The van der Waals surface area contributed by atoms with Gasteiger partial charge in [-0.1, -0.05) is 15.9 Å². The van der Waals surface area contributed by atoms with Gasteiger partial charge >= 0.3 is 0 Å². The molecule has 0 aliphatic rings. The highest BCUT2D eigenvalue weighted by molar-refractivity contribution is 9.10. The van der Waals surface area contributed by atoms with Crippen LogP contribution >= 0.6 is 28.1 Å². The average Bonchev–Trinajstić information content (AvgIpc) is 2.23. The zero-order chi connectivity index (χ0) is 12.8. The van der Waals surface area contributed by atoms with Crippen LogP contribution in [0.15, 0.2) is 22.7 Å². The lowest BCUT2D eigenvalue weighted by Crippen LogP contribution is -2.38. The Morgan fingerprint density at radius 1 is 1.59 bits per heavy atom. The van der Waals surface area contributed by atoms with Crippen LogP contribution in [0.3, 0.4) is 0 Å². The molecule has 3 nitrogen and oxygen atoms in total. The second-order valence-electron chi connectivity index (χ2n) is 3.58. The number of hydrogen-bond donors (Lipinski definition) is 2.